The highest BCUT2D eigenvalue weighted by Gasteiger charge is 2.39. The maximum atomic E-state index is 13.2. The van der Waals surface area contributed by atoms with Crippen LogP contribution in [-0.4, -0.2) is 34.9 Å². The lowest BCUT2D eigenvalue weighted by Crippen LogP contribution is -2.39. The lowest BCUT2D eigenvalue weighted by molar-refractivity contribution is -0.119. The Morgan fingerprint density at radius 3 is 2.62 bits per heavy atom. The van der Waals surface area contributed by atoms with Gasteiger partial charge in [0.25, 0.3) is 0 Å². The van der Waals surface area contributed by atoms with Crippen LogP contribution in [0.15, 0.2) is 67.1 Å². The molecule has 2 heterocycles. The Morgan fingerprint density at radius 2 is 1.90 bits per heavy atom. The zero-order valence-electron chi connectivity index (χ0n) is 16.1. The second kappa shape index (κ2) is 7.67. The molecule has 0 radical (unpaired) electrons. The van der Waals surface area contributed by atoms with Crippen molar-refractivity contribution in [2.45, 2.75) is 6.04 Å². The van der Waals surface area contributed by atoms with Crippen molar-refractivity contribution < 1.29 is 14.3 Å². The van der Waals surface area contributed by atoms with Gasteiger partial charge in [0.15, 0.2) is 11.5 Å². The summed E-state index contributed by atoms with van der Waals surface area (Å²) in [6.45, 7) is 4.08. The quantitative estimate of drug-likeness (QED) is 0.695. The van der Waals surface area contributed by atoms with Crippen LogP contribution in [0.25, 0.3) is 0 Å². The number of methoxy groups -OCH3 is 2. The molecule has 3 aromatic rings. The summed E-state index contributed by atoms with van der Waals surface area (Å²) in [5, 5.41) is 10.4. The molecule has 1 aliphatic rings. The molecule has 2 aromatic carbocycles. The van der Waals surface area contributed by atoms with Gasteiger partial charge in [0, 0.05) is 11.4 Å². The number of ether oxygens (including phenoxy) is 2. The van der Waals surface area contributed by atoms with E-state index in [4.69, 9.17) is 9.47 Å². The Hall–Kier alpha value is -3.81. The molecule has 0 bridgehead atoms. The van der Waals surface area contributed by atoms with Gasteiger partial charge in [-0.1, -0.05) is 30.8 Å². The van der Waals surface area contributed by atoms with E-state index in [0.717, 1.165) is 5.56 Å². The van der Waals surface area contributed by atoms with E-state index in [1.165, 1.54) is 6.33 Å². The van der Waals surface area contributed by atoms with Crippen LogP contribution in [0.2, 0.25) is 0 Å². The summed E-state index contributed by atoms with van der Waals surface area (Å²) in [4.78, 5) is 17.5. The number of aromatic nitrogens is 3. The molecule has 0 aliphatic carbocycles. The number of hydrogen-bond acceptors (Lipinski definition) is 6. The van der Waals surface area contributed by atoms with E-state index in [2.05, 4.69) is 27.3 Å². The van der Waals surface area contributed by atoms with Crippen molar-refractivity contribution in [3.8, 4) is 11.5 Å². The Balaban J connectivity index is 1.77. The molecule has 1 aromatic heterocycles. The van der Waals surface area contributed by atoms with Crippen molar-refractivity contribution >= 4 is 17.5 Å². The molecule has 0 spiro atoms. The number of benzene rings is 2. The summed E-state index contributed by atoms with van der Waals surface area (Å²) in [6.07, 6.45) is 1.45. The number of para-hydroxylation sites is 1. The van der Waals surface area contributed by atoms with Gasteiger partial charge in [0.05, 0.1) is 20.3 Å². The van der Waals surface area contributed by atoms with Gasteiger partial charge in [-0.3, -0.25) is 4.79 Å². The van der Waals surface area contributed by atoms with Crippen molar-refractivity contribution in [3.05, 3.63) is 72.7 Å². The molecule has 0 saturated heterocycles. The summed E-state index contributed by atoms with van der Waals surface area (Å²) in [6, 6.07) is 14.4. The lowest BCUT2D eigenvalue weighted by Gasteiger charge is -2.34. The van der Waals surface area contributed by atoms with E-state index in [-0.39, 0.29) is 5.91 Å². The number of hydrogen-bond donors (Lipinski definition) is 2. The van der Waals surface area contributed by atoms with Gasteiger partial charge < -0.3 is 20.1 Å². The highest BCUT2D eigenvalue weighted by Crippen LogP contribution is 2.40. The van der Waals surface area contributed by atoms with Gasteiger partial charge in [-0.2, -0.15) is 10.1 Å². The molecular weight excluding hydrogens is 370 g/mol. The van der Waals surface area contributed by atoms with E-state index in [1.54, 1.807) is 18.9 Å². The third kappa shape index (κ3) is 3.40. The number of nitrogens with one attached hydrogen (secondary N) is 2. The van der Waals surface area contributed by atoms with E-state index in [0.29, 0.717) is 28.8 Å². The molecule has 4 rings (SSSR count). The standard InChI is InChI=1S/C21H21N5O3/c1-13-18(20(27)25-15-7-5-4-6-8-15)19(26-21(24-13)22-12-23-26)14-9-10-16(28-2)17(11-14)29-3/h4-12,18-19H,1H2,2-3H3,(H,25,27)(H,22,23,24). The second-order valence-corrected chi connectivity index (χ2v) is 6.57. The zero-order valence-corrected chi connectivity index (χ0v) is 16.1. The topological polar surface area (TPSA) is 90.3 Å². The molecule has 8 heteroatoms. The Morgan fingerprint density at radius 1 is 1.14 bits per heavy atom. The molecule has 8 nitrogen and oxygen atoms in total. The van der Waals surface area contributed by atoms with Gasteiger partial charge in [-0.05, 0) is 29.8 Å². The monoisotopic (exact) mass is 391 g/mol. The Bertz CT molecular complexity index is 1050. The molecule has 148 valence electrons. The number of carbonyl (C=O) groups excluding carboxylic acids is 1. The summed E-state index contributed by atoms with van der Waals surface area (Å²) in [7, 11) is 3.15. The smallest absolute Gasteiger partial charge is 0.235 e. The van der Waals surface area contributed by atoms with Crippen LogP contribution >= 0.6 is 0 Å². The van der Waals surface area contributed by atoms with E-state index < -0.39 is 12.0 Å². The Labute approximate surface area is 168 Å². The van der Waals surface area contributed by atoms with E-state index in [1.807, 2.05) is 48.5 Å². The van der Waals surface area contributed by atoms with Gasteiger partial charge in [0.2, 0.25) is 11.9 Å². The van der Waals surface area contributed by atoms with Gasteiger partial charge in [0.1, 0.15) is 12.2 Å². The van der Waals surface area contributed by atoms with Crippen LogP contribution in [0.1, 0.15) is 11.6 Å². The second-order valence-electron chi connectivity index (χ2n) is 6.57. The Kier molecular flexibility index (Phi) is 4.90. The summed E-state index contributed by atoms with van der Waals surface area (Å²) < 4.78 is 12.5. The third-order valence-electron chi connectivity index (χ3n) is 4.87. The average molecular weight is 391 g/mol. The number of anilines is 2. The molecular formula is C21H21N5O3. The SMILES string of the molecule is C=C1Nc2ncnn2C(c2ccc(OC)c(OC)c2)C1C(=O)Nc1ccccc1. The van der Waals surface area contributed by atoms with Crippen LogP contribution in [0.4, 0.5) is 11.6 Å². The van der Waals surface area contributed by atoms with E-state index in [9.17, 15) is 4.79 Å². The van der Waals surface area contributed by atoms with Crippen molar-refractivity contribution in [3.63, 3.8) is 0 Å². The summed E-state index contributed by atoms with van der Waals surface area (Å²) >= 11 is 0. The molecule has 2 atom stereocenters. The number of carbonyl (C=O) groups is 1. The highest BCUT2D eigenvalue weighted by molar-refractivity contribution is 5.95. The van der Waals surface area contributed by atoms with Crippen molar-refractivity contribution in [1.29, 1.82) is 0 Å². The van der Waals surface area contributed by atoms with Gasteiger partial charge >= 0.3 is 0 Å². The van der Waals surface area contributed by atoms with Gasteiger partial charge in [-0.25, -0.2) is 4.68 Å². The van der Waals surface area contributed by atoms with Crippen molar-refractivity contribution in [2.75, 3.05) is 24.9 Å². The number of fused-ring (bicyclic) bond motifs is 1. The van der Waals surface area contributed by atoms with Crippen LogP contribution in [0.5, 0.6) is 11.5 Å². The molecule has 29 heavy (non-hydrogen) atoms. The number of rotatable bonds is 5. The normalized spacial score (nSPS) is 17.8. The van der Waals surface area contributed by atoms with Crippen LogP contribution in [0.3, 0.4) is 0 Å². The molecule has 0 saturated carbocycles. The molecule has 1 amide bonds. The molecule has 2 N–H and O–H groups in total. The van der Waals surface area contributed by atoms with Crippen LogP contribution in [0, 0.1) is 5.92 Å². The predicted octanol–water partition coefficient (Wildman–Crippen LogP) is 3.08. The van der Waals surface area contributed by atoms with Gasteiger partial charge in [-0.15, -0.1) is 0 Å². The lowest BCUT2D eigenvalue weighted by atomic mass is 9.88. The fraction of sp³-hybridized carbons (Fsp3) is 0.190. The summed E-state index contributed by atoms with van der Waals surface area (Å²) in [5.74, 6) is 0.877. The maximum absolute atomic E-state index is 13.2. The summed E-state index contributed by atoms with van der Waals surface area (Å²) in [5.41, 5.74) is 2.07. The first-order valence-electron chi connectivity index (χ1n) is 9.05. The minimum Gasteiger partial charge on any atom is -0.493 e. The van der Waals surface area contributed by atoms with Crippen molar-refractivity contribution in [1.82, 2.24) is 14.8 Å². The fourth-order valence-corrected chi connectivity index (χ4v) is 3.51. The third-order valence-corrected chi connectivity index (χ3v) is 4.87. The number of nitrogens with zero attached hydrogens (tertiary/aromatic N) is 3. The predicted molar refractivity (Wildman–Crippen MR) is 109 cm³/mol. The molecule has 1 aliphatic heterocycles. The zero-order chi connectivity index (χ0) is 20.4. The molecule has 2 unspecified atom stereocenters. The van der Waals surface area contributed by atoms with Crippen molar-refractivity contribution in [2.24, 2.45) is 5.92 Å². The van der Waals surface area contributed by atoms with Crippen LogP contribution in [-0.2, 0) is 4.79 Å². The maximum Gasteiger partial charge on any atom is 0.235 e. The fourth-order valence-electron chi connectivity index (χ4n) is 3.51. The largest absolute Gasteiger partial charge is 0.493 e. The first-order chi connectivity index (χ1) is 14.1. The minimum atomic E-state index is -0.623. The minimum absolute atomic E-state index is 0.199. The number of amides is 1. The first kappa shape index (κ1) is 18.5. The van der Waals surface area contributed by atoms with Crippen LogP contribution < -0.4 is 20.1 Å². The van der Waals surface area contributed by atoms with E-state index >= 15 is 0 Å². The highest BCUT2D eigenvalue weighted by atomic mass is 16.5. The average Bonchev–Trinajstić information content (AvgIpc) is 3.20. The molecule has 0 fully saturated rings. The first-order valence-corrected chi connectivity index (χ1v) is 9.05.